The van der Waals surface area contributed by atoms with Crippen LogP contribution in [0.25, 0.3) is 10.9 Å². The molecule has 0 atom stereocenters. The summed E-state index contributed by atoms with van der Waals surface area (Å²) in [7, 11) is 0. The van der Waals surface area contributed by atoms with Gasteiger partial charge in [0.15, 0.2) is 0 Å². The van der Waals surface area contributed by atoms with Crippen LogP contribution in [0.3, 0.4) is 0 Å². The number of para-hydroxylation sites is 1. The molecule has 0 fully saturated rings. The van der Waals surface area contributed by atoms with Crippen LogP contribution in [0.1, 0.15) is 24.1 Å². The molecule has 1 heterocycles. The molecule has 0 spiro atoms. The van der Waals surface area contributed by atoms with E-state index in [4.69, 9.17) is 31.8 Å². The molecule has 6 nitrogen and oxygen atoms in total. The minimum absolute atomic E-state index is 0.403. The number of aromatic nitrogens is 1. The molecule has 126 valence electrons. The molecule has 0 saturated heterocycles. The highest BCUT2D eigenvalue weighted by Gasteiger charge is 2.20. The third-order valence-electron chi connectivity index (χ3n) is 4.16. The molecule has 23 heavy (non-hydrogen) atoms. The number of pyridine rings is 1. The second kappa shape index (κ2) is 7.70. The largest absolute Gasteiger partial charge is 0.398 e. The third-order valence-corrected chi connectivity index (χ3v) is 4.16. The lowest BCUT2D eigenvalue weighted by molar-refractivity contribution is 0.0698. The van der Waals surface area contributed by atoms with Crippen LogP contribution in [-0.4, -0.2) is 45.7 Å². The van der Waals surface area contributed by atoms with E-state index in [0.29, 0.717) is 0 Å². The van der Waals surface area contributed by atoms with E-state index < -0.39 is 25.4 Å². The molecule has 1 aliphatic carbocycles. The number of nitrogens with zero attached hydrogens (tertiary/aromatic N) is 1. The number of fused-ring (bicyclic) bond motifs is 2. The molecule has 0 amide bonds. The van der Waals surface area contributed by atoms with E-state index in [1.165, 1.54) is 24.1 Å². The van der Waals surface area contributed by atoms with Crippen molar-refractivity contribution in [1.82, 2.24) is 4.98 Å². The number of hydrogen-bond donors (Lipinski definition) is 5. The number of benzene rings is 1. The van der Waals surface area contributed by atoms with Crippen LogP contribution in [0, 0.1) is 0 Å². The van der Waals surface area contributed by atoms with Gasteiger partial charge in [0.25, 0.3) is 0 Å². The van der Waals surface area contributed by atoms with Gasteiger partial charge in [-0.2, -0.15) is 0 Å². The van der Waals surface area contributed by atoms with E-state index in [-0.39, 0.29) is 0 Å². The Morgan fingerprint density at radius 3 is 2.22 bits per heavy atom. The fourth-order valence-corrected chi connectivity index (χ4v) is 2.56. The normalized spacial score (nSPS) is 14.1. The minimum atomic E-state index is -1.21. The quantitative estimate of drug-likeness (QED) is 0.556. The lowest BCUT2D eigenvalue weighted by atomic mass is 9.93. The number of rotatable bonds is 3. The summed E-state index contributed by atoms with van der Waals surface area (Å²) in [4.78, 5) is 4.70. The number of hydrogen-bond acceptors (Lipinski definition) is 6. The van der Waals surface area contributed by atoms with Crippen molar-refractivity contribution in [3.63, 3.8) is 0 Å². The summed E-state index contributed by atoms with van der Waals surface area (Å²) in [6.07, 6.45) is 4.68. The molecule has 0 unspecified atom stereocenters. The van der Waals surface area contributed by atoms with Gasteiger partial charge in [0, 0.05) is 16.8 Å². The predicted octanol–water partition coefficient (Wildman–Crippen LogP) is 0.357. The summed E-state index contributed by atoms with van der Waals surface area (Å²) < 4.78 is 0. The zero-order chi connectivity index (χ0) is 16.9. The van der Waals surface area contributed by atoms with Crippen LogP contribution in [-0.2, 0) is 12.8 Å². The number of aliphatic hydroxyl groups excluding tert-OH is 3. The zero-order valence-electron chi connectivity index (χ0n) is 13.2. The first-order valence-corrected chi connectivity index (χ1v) is 7.82. The van der Waals surface area contributed by atoms with E-state index in [9.17, 15) is 0 Å². The number of nitrogen functional groups attached to an aromatic ring is 1. The first-order chi connectivity index (χ1) is 11.0. The van der Waals surface area contributed by atoms with Crippen molar-refractivity contribution >= 4 is 16.6 Å². The van der Waals surface area contributed by atoms with E-state index in [1.54, 1.807) is 0 Å². The van der Waals surface area contributed by atoms with Crippen molar-refractivity contribution in [2.45, 2.75) is 31.2 Å². The second-order valence-corrected chi connectivity index (χ2v) is 6.01. The monoisotopic (exact) mass is 319 g/mol. The summed E-state index contributed by atoms with van der Waals surface area (Å²) in [5.41, 5.74) is 14.6. The first kappa shape index (κ1) is 17.6. The van der Waals surface area contributed by atoms with Gasteiger partial charge in [-0.05, 0) is 37.3 Å². The molecule has 2 aromatic rings. The SMILES string of the molecule is NC(CO)(CO)CO.Nc1c2c(nc3ccccc13)CCCC2. The highest BCUT2D eigenvalue weighted by Crippen LogP contribution is 2.30. The first-order valence-electron chi connectivity index (χ1n) is 7.82. The number of anilines is 1. The van der Waals surface area contributed by atoms with Gasteiger partial charge in [0.2, 0.25) is 0 Å². The Kier molecular flexibility index (Phi) is 5.90. The third kappa shape index (κ3) is 3.97. The number of aryl methyl sites for hydroxylation is 1. The molecule has 1 aromatic carbocycles. The standard InChI is InChI=1S/C13H14N2.C4H11NO3/c14-13-9-5-1-3-7-11(9)15-12-8-4-2-6-10(12)13;5-4(1-6,2-7)3-8/h1,3,5,7H,2,4,6,8H2,(H2,14,15);6-8H,1-3,5H2. The van der Waals surface area contributed by atoms with Gasteiger partial charge in [-0.1, -0.05) is 18.2 Å². The van der Waals surface area contributed by atoms with E-state index >= 15 is 0 Å². The summed E-state index contributed by atoms with van der Waals surface area (Å²) in [6.45, 7) is -1.21. The van der Waals surface area contributed by atoms with E-state index in [0.717, 1.165) is 29.4 Å². The molecule has 0 saturated carbocycles. The minimum Gasteiger partial charge on any atom is -0.398 e. The number of aliphatic hydroxyl groups is 3. The van der Waals surface area contributed by atoms with Gasteiger partial charge in [-0.3, -0.25) is 4.98 Å². The van der Waals surface area contributed by atoms with Crippen LogP contribution >= 0.6 is 0 Å². The Hall–Kier alpha value is -1.73. The maximum Gasteiger partial charge on any atom is 0.0856 e. The van der Waals surface area contributed by atoms with Crippen molar-refractivity contribution in [2.24, 2.45) is 5.73 Å². The van der Waals surface area contributed by atoms with Gasteiger partial charge in [0.1, 0.15) is 0 Å². The lowest BCUT2D eigenvalue weighted by Gasteiger charge is -2.20. The fourth-order valence-electron chi connectivity index (χ4n) is 2.56. The fraction of sp³-hybridized carbons (Fsp3) is 0.471. The Morgan fingerprint density at radius 1 is 1.00 bits per heavy atom. The molecule has 1 aromatic heterocycles. The highest BCUT2D eigenvalue weighted by molar-refractivity contribution is 5.92. The maximum absolute atomic E-state index is 8.34. The van der Waals surface area contributed by atoms with Gasteiger partial charge in [-0.15, -0.1) is 0 Å². The van der Waals surface area contributed by atoms with Crippen molar-refractivity contribution in [1.29, 1.82) is 0 Å². The Labute approximate surface area is 135 Å². The Balaban J connectivity index is 0.000000207. The van der Waals surface area contributed by atoms with Crippen LogP contribution in [0.2, 0.25) is 0 Å². The van der Waals surface area contributed by atoms with E-state index in [1.807, 2.05) is 18.2 Å². The summed E-state index contributed by atoms with van der Waals surface area (Å²) in [6, 6.07) is 8.15. The summed E-state index contributed by atoms with van der Waals surface area (Å²) in [5, 5.41) is 26.1. The zero-order valence-corrected chi connectivity index (χ0v) is 13.2. The molecule has 1 aliphatic rings. The van der Waals surface area contributed by atoms with Crippen LogP contribution in [0.5, 0.6) is 0 Å². The smallest absolute Gasteiger partial charge is 0.0856 e. The van der Waals surface area contributed by atoms with Crippen LogP contribution < -0.4 is 11.5 Å². The molecular formula is C17H25N3O3. The molecule has 3 rings (SSSR count). The molecule has 0 bridgehead atoms. The molecule has 7 N–H and O–H groups in total. The highest BCUT2D eigenvalue weighted by atomic mass is 16.3. The molecule has 6 heteroatoms. The second-order valence-electron chi connectivity index (χ2n) is 6.01. The lowest BCUT2D eigenvalue weighted by Crippen LogP contribution is -2.50. The predicted molar refractivity (Wildman–Crippen MR) is 91.0 cm³/mol. The van der Waals surface area contributed by atoms with Crippen molar-refractivity contribution in [3.05, 3.63) is 35.5 Å². The summed E-state index contributed by atoms with van der Waals surface area (Å²) >= 11 is 0. The van der Waals surface area contributed by atoms with Crippen molar-refractivity contribution < 1.29 is 15.3 Å². The van der Waals surface area contributed by atoms with Gasteiger partial charge in [0.05, 0.1) is 30.9 Å². The molecular weight excluding hydrogens is 294 g/mol. The van der Waals surface area contributed by atoms with Gasteiger partial charge in [-0.25, -0.2) is 0 Å². The Bertz CT molecular complexity index is 649. The average molecular weight is 319 g/mol. The topological polar surface area (TPSA) is 126 Å². The number of nitrogens with two attached hydrogens (primary N) is 2. The Morgan fingerprint density at radius 2 is 1.61 bits per heavy atom. The van der Waals surface area contributed by atoms with Gasteiger partial charge >= 0.3 is 0 Å². The van der Waals surface area contributed by atoms with Crippen molar-refractivity contribution in [2.75, 3.05) is 25.6 Å². The van der Waals surface area contributed by atoms with E-state index in [2.05, 4.69) is 6.07 Å². The maximum atomic E-state index is 8.34. The van der Waals surface area contributed by atoms with Crippen LogP contribution in [0.4, 0.5) is 5.69 Å². The summed E-state index contributed by atoms with van der Waals surface area (Å²) in [5.74, 6) is 0. The van der Waals surface area contributed by atoms with Crippen molar-refractivity contribution in [3.8, 4) is 0 Å². The van der Waals surface area contributed by atoms with Crippen LogP contribution in [0.15, 0.2) is 24.3 Å². The molecule has 0 radical (unpaired) electrons. The van der Waals surface area contributed by atoms with Gasteiger partial charge < -0.3 is 26.8 Å². The molecule has 0 aliphatic heterocycles. The average Bonchev–Trinajstić information content (AvgIpc) is 2.62.